The van der Waals surface area contributed by atoms with Crippen molar-refractivity contribution in [3.05, 3.63) is 34.4 Å². The van der Waals surface area contributed by atoms with Crippen LogP contribution in [0.3, 0.4) is 0 Å². The third-order valence-corrected chi connectivity index (χ3v) is 2.59. The Morgan fingerprint density at radius 1 is 1.69 bits per heavy atom. The summed E-state index contributed by atoms with van der Waals surface area (Å²) in [5, 5.41) is 10.6. The van der Waals surface area contributed by atoms with Crippen molar-refractivity contribution in [2.45, 2.75) is 26.3 Å². The Morgan fingerprint density at radius 3 is 2.77 bits per heavy atom. The number of allylic oxidation sites excluding steroid dienone is 1. The van der Waals surface area contributed by atoms with E-state index in [9.17, 15) is 10.1 Å². The quantitative estimate of drug-likeness (QED) is 0.485. The number of rotatable bonds is 2. The predicted molar refractivity (Wildman–Crippen MR) is 52.0 cm³/mol. The van der Waals surface area contributed by atoms with Gasteiger partial charge in [-0.25, -0.2) is 0 Å². The van der Waals surface area contributed by atoms with Gasteiger partial charge in [-0.05, 0) is 11.8 Å². The molecule has 0 aliphatic heterocycles. The maximum atomic E-state index is 10.6. The first kappa shape index (κ1) is 9.96. The van der Waals surface area contributed by atoms with Crippen LogP contribution in [-0.4, -0.2) is 11.0 Å². The van der Waals surface area contributed by atoms with E-state index in [-0.39, 0.29) is 4.92 Å². The molecular formula is C10H15NO2. The summed E-state index contributed by atoms with van der Waals surface area (Å²) >= 11 is 0. The summed E-state index contributed by atoms with van der Waals surface area (Å²) in [5.41, 5.74) is 0.627. The molecule has 0 radical (unpaired) electrons. The minimum Gasteiger partial charge on any atom is -0.264 e. The highest BCUT2D eigenvalue weighted by Gasteiger charge is 2.30. The molecule has 0 amide bonds. The van der Waals surface area contributed by atoms with Gasteiger partial charge in [0.1, 0.15) is 0 Å². The molecule has 72 valence electrons. The second-order valence-electron chi connectivity index (χ2n) is 3.88. The van der Waals surface area contributed by atoms with Crippen molar-refractivity contribution < 1.29 is 4.92 Å². The molecule has 0 spiro atoms. The van der Waals surface area contributed by atoms with Crippen molar-refractivity contribution in [1.29, 1.82) is 0 Å². The highest BCUT2D eigenvalue weighted by Crippen LogP contribution is 2.28. The highest BCUT2D eigenvalue weighted by molar-refractivity contribution is 5.24. The molecule has 0 aromatic carbocycles. The topological polar surface area (TPSA) is 43.1 Å². The van der Waals surface area contributed by atoms with Gasteiger partial charge in [0.05, 0.1) is 0 Å². The van der Waals surface area contributed by atoms with Gasteiger partial charge in [0.25, 0.3) is 0 Å². The standard InChI is InChI=1S/C10H15NO2/c1-7(2)9-5-4-8(3)10(6-9)11(12)13/h4-5,7,9-10H,3,6H2,1-2H3/t9-,10+/m1/s1. The van der Waals surface area contributed by atoms with Crippen LogP contribution in [0, 0.1) is 22.0 Å². The normalized spacial score (nSPS) is 28.1. The molecule has 0 bridgehead atoms. The van der Waals surface area contributed by atoms with Crippen molar-refractivity contribution in [2.24, 2.45) is 11.8 Å². The molecule has 3 heteroatoms. The molecule has 1 rings (SSSR count). The van der Waals surface area contributed by atoms with E-state index in [0.29, 0.717) is 23.8 Å². The minimum absolute atomic E-state index is 0.235. The SMILES string of the molecule is C=C1C=C[C@@H](C(C)C)C[C@@H]1[N+](=O)[O-]. The molecule has 0 heterocycles. The Bertz CT molecular complexity index is 256. The van der Waals surface area contributed by atoms with Crippen LogP contribution in [-0.2, 0) is 0 Å². The summed E-state index contributed by atoms with van der Waals surface area (Å²) in [6.07, 6.45) is 4.43. The molecule has 13 heavy (non-hydrogen) atoms. The van der Waals surface area contributed by atoms with E-state index in [1.165, 1.54) is 0 Å². The van der Waals surface area contributed by atoms with Crippen LogP contribution in [0.2, 0.25) is 0 Å². The molecule has 0 saturated carbocycles. The van der Waals surface area contributed by atoms with Gasteiger partial charge in [0.2, 0.25) is 6.04 Å². The smallest absolute Gasteiger partial charge is 0.238 e. The summed E-state index contributed by atoms with van der Waals surface area (Å²) in [7, 11) is 0. The Balaban J connectivity index is 2.76. The lowest BCUT2D eigenvalue weighted by Gasteiger charge is -2.23. The molecular weight excluding hydrogens is 166 g/mol. The average molecular weight is 181 g/mol. The summed E-state index contributed by atoms with van der Waals surface area (Å²) in [4.78, 5) is 10.4. The second kappa shape index (κ2) is 3.73. The van der Waals surface area contributed by atoms with Crippen molar-refractivity contribution in [3.63, 3.8) is 0 Å². The van der Waals surface area contributed by atoms with Gasteiger partial charge in [0, 0.05) is 16.9 Å². The summed E-state index contributed by atoms with van der Waals surface area (Å²) in [5.74, 6) is 0.785. The lowest BCUT2D eigenvalue weighted by atomic mass is 9.82. The molecule has 1 aliphatic rings. The number of hydrogen-bond acceptors (Lipinski definition) is 2. The zero-order valence-electron chi connectivity index (χ0n) is 8.06. The van der Waals surface area contributed by atoms with E-state index in [0.717, 1.165) is 0 Å². The third-order valence-electron chi connectivity index (χ3n) is 2.59. The first-order valence-corrected chi connectivity index (χ1v) is 4.53. The molecule has 0 N–H and O–H groups in total. The van der Waals surface area contributed by atoms with Crippen LogP contribution >= 0.6 is 0 Å². The monoisotopic (exact) mass is 181 g/mol. The zero-order chi connectivity index (χ0) is 10.0. The minimum atomic E-state index is -0.572. The number of nitrogens with zero attached hydrogens (tertiary/aromatic N) is 1. The van der Waals surface area contributed by atoms with E-state index in [1.807, 2.05) is 6.08 Å². The predicted octanol–water partition coefficient (Wildman–Crippen LogP) is 2.42. The Kier molecular flexibility index (Phi) is 2.86. The summed E-state index contributed by atoms with van der Waals surface area (Å²) in [6, 6.07) is -0.572. The van der Waals surface area contributed by atoms with Crippen LogP contribution < -0.4 is 0 Å². The zero-order valence-corrected chi connectivity index (χ0v) is 8.06. The average Bonchev–Trinajstić information content (AvgIpc) is 2.04. The molecule has 0 aromatic rings. The largest absolute Gasteiger partial charge is 0.264 e. The van der Waals surface area contributed by atoms with Gasteiger partial charge in [-0.15, -0.1) is 0 Å². The first-order chi connectivity index (χ1) is 6.02. The number of nitro groups is 1. The maximum Gasteiger partial charge on any atom is 0.238 e. The fraction of sp³-hybridized carbons (Fsp3) is 0.600. The molecule has 0 unspecified atom stereocenters. The third kappa shape index (κ3) is 2.17. The van der Waals surface area contributed by atoms with Crippen molar-refractivity contribution in [2.75, 3.05) is 0 Å². The lowest BCUT2D eigenvalue weighted by Crippen LogP contribution is -2.28. The molecule has 0 fully saturated rings. The molecule has 0 saturated heterocycles. The van der Waals surface area contributed by atoms with Crippen LogP contribution in [0.25, 0.3) is 0 Å². The van der Waals surface area contributed by atoms with Gasteiger partial charge >= 0.3 is 0 Å². The van der Waals surface area contributed by atoms with E-state index in [2.05, 4.69) is 20.4 Å². The van der Waals surface area contributed by atoms with Crippen molar-refractivity contribution in [1.82, 2.24) is 0 Å². The van der Waals surface area contributed by atoms with Crippen molar-refractivity contribution in [3.8, 4) is 0 Å². The molecule has 1 aliphatic carbocycles. The summed E-state index contributed by atoms with van der Waals surface area (Å²) < 4.78 is 0. The van der Waals surface area contributed by atoms with E-state index < -0.39 is 6.04 Å². The Labute approximate surface area is 78.3 Å². The van der Waals surface area contributed by atoms with Gasteiger partial charge < -0.3 is 0 Å². The lowest BCUT2D eigenvalue weighted by molar-refractivity contribution is -0.513. The van der Waals surface area contributed by atoms with Gasteiger partial charge in [-0.2, -0.15) is 0 Å². The molecule has 3 nitrogen and oxygen atoms in total. The second-order valence-corrected chi connectivity index (χ2v) is 3.88. The van der Waals surface area contributed by atoms with Crippen LogP contribution in [0.5, 0.6) is 0 Å². The van der Waals surface area contributed by atoms with Crippen LogP contribution in [0.15, 0.2) is 24.3 Å². The van der Waals surface area contributed by atoms with Crippen molar-refractivity contribution >= 4 is 0 Å². The molecule has 0 aromatic heterocycles. The van der Waals surface area contributed by atoms with E-state index >= 15 is 0 Å². The van der Waals surface area contributed by atoms with E-state index in [4.69, 9.17) is 0 Å². The van der Waals surface area contributed by atoms with E-state index in [1.54, 1.807) is 6.08 Å². The Hall–Kier alpha value is -1.12. The highest BCUT2D eigenvalue weighted by atomic mass is 16.6. The van der Waals surface area contributed by atoms with Gasteiger partial charge in [-0.1, -0.05) is 32.6 Å². The van der Waals surface area contributed by atoms with Crippen LogP contribution in [0.1, 0.15) is 20.3 Å². The fourth-order valence-electron chi connectivity index (χ4n) is 1.56. The van der Waals surface area contributed by atoms with Gasteiger partial charge in [0.15, 0.2) is 0 Å². The first-order valence-electron chi connectivity index (χ1n) is 4.53. The fourth-order valence-corrected chi connectivity index (χ4v) is 1.56. The van der Waals surface area contributed by atoms with Gasteiger partial charge in [-0.3, -0.25) is 10.1 Å². The summed E-state index contributed by atoms with van der Waals surface area (Å²) in [6.45, 7) is 7.85. The number of hydrogen-bond donors (Lipinski definition) is 0. The Morgan fingerprint density at radius 2 is 2.31 bits per heavy atom. The molecule has 2 atom stereocenters. The van der Waals surface area contributed by atoms with Crippen LogP contribution in [0.4, 0.5) is 0 Å². The maximum absolute atomic E-state index is 10.6.